The zero-order valence-corrected chi connectivity index (χ0v) is 18.8. The van der Waals surface area contributed by atoms with Gasteiger partial charge in [0.15, 0.2) is 12.4 Å². The number of hydrogen-bond donors (Lipinski definition) is 0. The van der Waals surface area contributed by atoms with Gasteiger partial charge in [-0.05, 0) is 42.3 Å². The Kier molecular flexibility index (Phi) is 6.54. The fraction of sp³-hybridized carbons (Fsp3) is 0.115. The number of carbonyl (C=O) groups is 2. The second kappa shape index (κ2) is 9.51. The van der Waals surface area contributed by atoms with Crippen molar-refractivity contribution in [3.63, 3.8) is 0 Å². The van der Waals surface area contributed by atoms with Crippen LogP contribution in [0.15, 0.2) is 72.8 Å². The molecule has 0 saturated heterocycles. The second-order valence-corrected chi connectivity index (χ2v) is 8.09. The van der Waals surface area contributed by atoms with Crippen LogP contribution in [0.4, 0.5) is 0 Å². The van der Waals surface area contributed by atoms with E-state index in [1.165, 1.54) is 0 Å². The normalized spacial score (nSPS) is 10.8. The molecule has 32 heavy (non-hydrogen) atoms. The highest BCUT2D eigenvalue weighted by Crippen LogP contribution is 2.32. The number of aryl methyl sites for hydroxylation is 1. The van der Waals surface area contributed by atoms with E-state index in [2.05, 4.69) is 4.98 Å². The number of Topliss-reactive ketones (excluding diaryl/α,β-unsaturated/α-hetero) is 1. The van der Waals surface area contributed by atoms with Crippen LogP contribution in [0.2, 0.25) is 10.0 Å². The van der Waals surface area contributed by atoms with Crippen LogP contribution in [-0.4, -0.2) is 23.3 Å². The molecular weight excluding hydrogens is 445 g/mol. The predicted octanol–water partition coefficient (Wildman–Crippen LogP) is 6.81. The van der Waals surface area contributed by atoms with Crippen molar-refractivity contribution in [2.24, 2.45) is 0 Å². The lowest BCUT2D eigenvalue weighted by Gasteiger charge is -2.11. The van der Waals surface area contributed by atoms with Gasteiger partial charge in [-0.15, -0.1) is 0 Å². The molecular formula is C26H19Cl2NO3. The van der Waals surface area contributed by atoms with E-state index in [1.54, 1.807) is 48.5 Å². The average Bonchev–Trinajstić information content (AvgIpc) is 2.81. The van der Waals surface area contributed by atoms with Crippen LogP contribution < -0.4 is 0 Å². The highest BCUT2D eigenvalue weighted by atomic mass is 35.5. The number of nitrogens with zero attached hydrogens (tertiary/aromatic N) is 1. The molecule has 0 atom stereocenters. The third kappa shape index (κ3) is 4.67. The van der Waals surface area contributed by atoms with Gasteiger partial charge in [-0.2, -0.15) is 0 Å². The Labute approximate surface area is 195 Å². The van der Waals surface area contributed by atoms with Gasteiger partial charge in [0.25, 0.3) is 0 Å². The number of halogens is 2. The molecule has 0 N–H and O–H groups in total. The van der Waals surface area contributed by atoms with Gasteiger partial charge in [0.05, 0.1) is 21.8 Å². The van der Waals surface area contributed by atoms with Crippen LogP contribution in [0.3, 0.4) is 0 Å². The molecule has 6 heteroatoms. The summed E-state index contributed by atoms with van der Waals surface area (Å²) in [5.41, 5.74) is 3.72. The summed E-state index contributed by atoms with van der Waals surface area (Å²) in [6, 6.07) is 21.2. The Morgan fingerprint density at radius 3 is 2.41 bits per heavy atom. The van der Waals surface area contributed by atoms with Gasteiger partial charge in [0, 0.05) is 21.5 Å². The van der Waals surface area contributed by atoms with Crippen LogP contribution in [0.1, 0.15) is 33.2 Å². The maximum atomic E-state index is 13.0. The summed E-state index contributed by atoms with van der Waals surface area (Å²) >= 11 is 12.4. The van der Waals surface area contributed by atoms with E-state index in [0.717, 1.165) is 12.0 Å². The summed E-state index contributed by atoms with van der Waals surface area (Å²) in [5, 5.41) is 1.56. The molecule has 1 aromatic heterocycles. The van der Waals surface area contributed by atoms with E-state index >= 15 is 0 Å². The molecule has 0 saturated carbocycles. The Bertz CT molecular complexity index is 1320. The highest BCUT2D eigenvalue weighted by molar-refractivity contribution is 6.36. The number of aromatic nitrogens is 1. The lowest BCUT2D eigenvalue weighted by Crippen LogP contribution is -2.15. The number of carbonyl (C=O) groups excluding carboxylic acids is 2. The summed E-state index contributed by atoms with van der Waals surface area (Å²) in [5.74, 6) is -0.867. The predicted molar refractivity (Wildman–Crippen MR) is 128 cm³/mol. The van der Waals surface area contributed by atoms with Gasteiger partial charge >= 0.3 is 5.97 Å². The van der Waals surface area contributed by atoms with Gasteiger partial charge < -0.3 is 4.74 Å². The number of esters is 1. The first-order valence-corrected chi connectivity index (χ1v) is 10.9. The summed E-state index contributed by atoms with van der Waals surface area (Å²) < 4.78 is 5.38. The van der Waals surface area contributed by atoms with Crippen LogP contribution in [0, 0.1) is 0 Å². The summed E-state index contributed by atoms with van der Waals surface area (Å²) in [6.07, 6.45) is 0.887. The van der Waals surface area contributed by atoms with E-state index in [1.807, 2.05) is 31.2 Å². The van der Waals surface area contributed by atoms with Crippen molar-refractivity contribution in [2.45, 2.75) is 13.3 Å². The molecule has 0 spiro atoms. The van der Waals surface area contributed by atoms with Crippen molar-refractivity contribution in [3.8, 4) is 11.3 Å². The molecule has 3 aromatic carbocycles. The van der Waals surface area contributed by atoms with Crippen molar-refractivity contribution in [1.29, 1.82) is 0 Å². The minimum absolute atomic E-state index is 0.264. The molecule has 0 aliphatic rings. The number of pyridine rings is 1. The lowest BCUT2D eigenvalue weighted by atomic mass is 10.0. The Hall–Kier alpha value is -3.21. The van der Waals surface area contributed by atoms with Crippen LogP contribution in [0.25, 0.3) is 22.2 Å². The minimum atomic E-state index is -0.603. The fourth-order valence-electron chi connectivity index (χ4n) is 3.40. The van der Waals surface area contributed by atoms with E-state index < -0.39 is 5.97 Å². The monoisotopic (exact) mass is 463 g/mol. The number of benzene rings is 3. The molecule has 4 aromatic rings. The zero-order valence-electron chi connectivity index (χ0n) is 17.3. The summed E-state index contributed by atoms with van der Waals surface area (Å²) in [6.45, 7) is 1.70. The van der Waals surface area contributed by atoms with Crippen molar-refractivity contribution in [3.05, 3.63) is 99.5 Å². The average molecular weight is 464 g/mol. The number of para-hydroxylation sites is 1. The number of fused-ring (bicyclic) bond motifs is 1. The standard InChI is InChI=1S/C26H19Cl2NO3/c1-2-16-7-9-17(10-8-16)25(30)15-32-26(31)21-14-24(20-12-11-18(27)13-22(20)28)29-23-6-4-3-5-19(21)23/h3-14H,2,15H2,1H3. The van der Waals surface area contributed by atoms with Gasteiger partial charge in [-0.3, -0.25) is 4.79 Å². The molecule has 4 rings (SSSR count). The molecule has 0 radical (unpaired) electrons. The molecule has 160 valence electrons. The van der Waals surface area contributed by atoms with Crippen molar-refractivity contribution < 1.29 is 14.3 Å². The molecule has 0 amide bonds. The summed E-state index contributed by atoms with van der Waals surface area (Å²) in [4.78, 5) is 30.1. The highest BCUT2D eigenvalue weighted by Gasteiger charge is 2.18. The number of ketones is 1. The second-order valence-electron chi connectivity index (χ2n) is 7.25. The third-order valence-corrected chi connectivity index (χ3v) is 5.71. The smallest absolute Gasteiger partial charge is 0.339 e. The molecule has 0 fully saturated rings. The fourth-order valence-corrected chi connectivity index (χ4v) is 3.90. The number of rotatable bonds is 6. The SMILES string of the molecule is CCc1ccc(C(=O)COC(=O)c2cc(-c3ccc(Cl)cc3Cl)nc3ccccc23)cc1. The van der Waals surface area contributed by atoms with Crippen molar-refractivity contribution in [2.75, 3.05) is 6.61 Å². The van der Waals surface area contributed by atoms with E-state index in [4.69, 9.17) is 27.9 Å². The molecule has 4 nitrogen and oxygen atoms in total. The number of ether oxygens (including phenoxy) is 1. The van der Waals surface area contributed by atoms with E-state index in [0.29, 0.717) is 43.3 Å². The Morgan fingerprint density at radius 2 is 1.69 bits per heavy atom. The van der Waals surface area contributed by atoms with Gasteiger partial charge in [-0.25, -0.2) is 9.78 Å². The van der Waals surface area contributed by atoms with E-state index in [-0.39, 0.29) is 12.4 Å². The number of hydrogen-bond acceptors (Lipinski definition) is 4. The quantitative estimate of drug-likeness (QED) is 0.232. The largest absolute Gasteiger partial charge is 0.454 e. The first-order valence-electron chi connectivity index (χ1n) is 10.1. The van der Waals surface area contributed by atoms with Gasteiger partial charge in [0.1, 0.15) is 0 Å². The zero-order chi connectivity index (χ0) is 22.7. The lowest BCUT2D eigenvalue weighted by molar-refractivity contribution is 0.0476. The molecule has 0 bridgehead atoms. The first-order chi connectivity index (χ1) is 15.5. The molecule has 0 aliphatic heterocycles. The minimum Gasteiger partial charge on any atom is -0.454 e. The van der Waals surface area contributed by atoms with Crippen LogP contribution >= 0.6 is 23.2 Å². The van der Waals surface area contributed by atoms with Gasteiger partial charge in [0.2, 0.25) is 0 Å². The van der Waals surface area contributed by atoms with Crippen molar-refractivity contribution >= 4 is 45.9 Å². The Morgan fingerprint density at radius 1 is 0.938 bits per heavy atom. The topological polar surface area (TPSA) is 56.3 Å². The molecule has 0 unspecified atom stereocenters. The maximum Gasteiger partial charge on any atom is 0.339 e. The summed E-state index contributed by atoms with van der Waals surface area (Å²) in [7, 11) is 0. The van der Waals surface area contributed by atoms with Crippen LogP contribution in [-0.2, 0) is 11.2 Å². The van der Waals surface area contributed by atoms with Gasteiger partial charge in [-0.1, -0.05) is 72.6 Å². The van der Waals surface area contributed by atoms with Crippen molar-refractivity contribution in [1.82, 2.24) is 4.98 Å². The molecule has 1 heterocycles. The molecule has 0 aliphatic carbocycles. The Balaban J connectivity index is 1.63. The first kappa shape index (κ1) is 22.0. The maximum absolute atomic E-state index is 13.0. The van der Waals surface area contributed by atoms with Crippen LogP contribution in [0.5, 0.6) is 0 Å². The third-order valence-electron chi connectivity index (χ3n) is 5.16. The van der Waals surface area contributed by atoms with E-state index in [9.17, 15) is 9.59 Å².